The van der Waals surface area contributed by atoms with Gasteiger partial charge >= 0.3 is 0 Å². The average molecular weight is 169 g/mol. The molecule has 2 nitrogen and oxygen atoms in total. The molecule has 0 radical (unpaired) electrons. The highest BCUT2D eigenvalue weighted by Crippen LogP contribution is 2.35. The fourth-order valence-electron chi connectivity index (χ4n) is 2.88. The van der Waals surface area contributed by atoms with Crippen LogP contribution in [-0.4, -0.2) is 23.8 Å². The Labute approximate surface area is 74.4 Å². The van der Waals surface area contributed by atoms with Crippen molar-refractivity contribution in [1.82, 2.24) is 5.32 Å². The molecule has 4 atom stereocenters. The molecular weight excluding hydrogens is 150 g/mol. The SMILES string of the molecule is CC(O)C1NCC2CCCC1C2. The lowest BCUT2D eigenvalue weighted by Crippen LogP contribution is -2.52. The van der Waals surface area contributed by atoms with Crippen molar-refractivity contribution in [2.75, 3.05) is 6.54 Å². The number of nitrogens with one attached hydrogen (secondary N) is 1. The highest BCUT2D eigenvalue weighted by molar-refractivity contribution is 4.90. The molecule has 1 saturated heterocycles. The van der Waals surface area contributed by atoms with E-state index >= 15 is 0 Å². The molecule has 0 aromatic rings. The number of hydrogen-bond donors (Lipinski definition) is 2. The van der Waals surface area contributed by atoms with Crippen molar-refractivity contribution in [1.29, 1.82) is 0 Å². The molecule has 70 valence electrons. The van der Waals surface area contributed by atoms with Gasteiger partial charge in [-0.25, -0.2) is 0 Å². The maximum Gasteiger partial charge on any atom is 0.0667 e. The van der Waals surface area contributed by atoms with E-state index in [1.807, 2.05) is 6.92 Å². The quantitative estimate of drug-likeness (QED) is 0.617. The van der Waals surface area contributed by atoms with Gasteiger partial charge in [0, 0.05) is 6.04 Å². The molecule has 2 heteroatoms. The van der Waals surface area contributed by atoms with Crippen LogP contribution in [0.25, 0.3) is 0 Å². The van der Waals surface area contributed by atoms with E-state index in [2.05, 4.69) is 5.32 Å². The Balaban J connectivity index is 1.99. The van der Waals surface area contributed by atoms with Gasteiger partial charge in [-0.1, -0.05) is 6.42 Å². The van der Waals surface area contributed by atoms with Crippen LogP contribution in [-0.2, 0) is 0 Å². The summed E-state index contributed by atoms with van der Waals surface area (Å²) in [6.07, 6.45) is 5.27. The summed E-state index contributed by atoms with van der Waals surface area (Å²) in [6.45, 7) is 3.04. The van der Waals surface area contributed by atoms with Crippen molar-refractivity contribution in [3.8, 4) is 0 Å². The van der Waals surface area contributed by atoms with E-state index < -0.39 is 0 Å². The summed E-state index contributed by atoms with van der Waals surface area (Å²) in [5.74, 6) is 1.65. The van der Waals surface area contributed by atoms with Gasteiger partial charge in [0.05, 0.1) is 6.10 Å². The molecule has 2 rings (SSSR count). The number of fused-ring (bicyclic) bond motifs is 2. The Morgan fingerprint density at radius 1 is 1.42 bits per heavy atom. The van der Waals surface area contributed by atoms with Crippen molar-refractivity contribution in [2.24, 2.45) is 11.8 Å². The number of aliphatic hydroxyl groups excluding tert-OH is 1. The first-order chi connectivity index (χ1) is 5.77. The van der Waals surface area contributed by atoms with Gasteiger partial charge in [0.15, 0.2) is 0 Å². The molecule has 1 saturated carbocycles. The van der Waals surface area contributed by atoms with E-state index in [-0.39, 0.29) is 6.10 Å². The largest absolute Gasteiger partial charge is 0.392 e. The van der Waals surface area contributed by atoms with Crippen LogP contribution < -0.4 is 5.32 Å². The third kappa shape index (κ3) is 1.50. The van der Waals surface area contributed by atoms with Crippen LogP contribution in [0.5, 0.6) is 0 Å². The van der Waals surface area contributed by atoms with Crippen molar-refractivity contribution < 1.29 is 5.11 Å². The maximum absolute atomic E-state index is 9.53. The summed E-state index contributed by atoms with van der Waals surface area (Å²) in [4.78, 5) is 0. The van der Waals surface area contributed by atoms with Gasteiger partial charge < -0.3 is 10.4 Å². The van der Waals surface area contributed by atoms with Crippen molar-refractivity contribution in [3.63, 3.8) is 0 Å². The van der Waals surface area contributed by atoms with Gasteiger partial charge in [-0.2, -0.15) is 0 Å². The summed E-state index contributed by atoms with van der Waals surface area (Å²) in [6, 6.07) is 0.376. The van der Waals surface area contributed by atoms with E-state index in [0.29, 0.717) is 6.04 Å². The second kappa shape index (κ2) is 3.35. The fourth-order valence-corrected chi connectivity index (χ4v) is 2.88. The smallest absolute Gasteiger partial charge is 0.0667 e. The molecular formula is C10H19NO. The standard InChI is InChI=1S/C10H19NO/c1-7(12)10-9-4-2-3-8(5-9)6-11-10/h7-12H,2-6H2,1H3. The maximum atomic E-state index is 9.53. The molecule has 2 fully saturated rings. The van der Waals surface area contributed by atoms with E-state index in [0.717, 1.165) is 18.4 Å². The highest BCUT2D eigenvalue weighted by atomic mass is 16.3. The van der Waals surface area contributed by atoms with Crippen LogP contribution in [0.15, 0.2) is 0 Å². The summed E-state index contributed by atoms with van der Waals surface area (Å²) in [5, 5.41) is 13.0. The van der Waals surface area contributed by atoms with Crippen molar-refractivity contribution >= 4 is 0 Å². The minimum absolute atomic E-state index is 0.172. The molecule has 4 unspecified atom stereocenters. The number of piperidine rings is 1. The second-order valence-corrected chi connectivity index (χ2v) is 4.47. The Morgan fingerprint density at radius 3 is 3.00 bits per heavy atom. The van der Waals surface area contributed by atoms with Gasteiger partial charge in [-0.15, -0.1) is 0 Å². The summed E-state index contributed by atoms with van der Waals surface area (Å²) in [7, 11) is 0. The molecule has 0 aromatic carbocycles. The van der Waals surface area contributed by atoms with Crippen LogP contribution in [0.4, 0.5) is 0 Å². The third-order valence-electron chi connectivity index (χ3n) is 3.49. The Morgan fingerprint density at radius 2 is 2.25 bits per heavy atom. The molecule has 2 aliphatic rings. The molecule has 0 spiro atoms. The normalized spacial score (nSPS) is 44.0. The number of aliphatic hydroxyl groups is 1. The molecule has 1 aliphatic carbocycles. The Kier molecular flexibility index (Phi) is 2.37. The van der Waals surface area contributed by atoms with Gasteiger partial charge in [0.2, 0.25) is 0 Å². The predicted octanol–water partition coefficient (Wildman–Crippen LogP) is 1.15. The van der Waals surface area contributed by atoms with Crippen LogP contribution >= 0.6 is 0 Å². The van der Waals surface area contributed by atoms with Gasteiger partial charge in [-0.3, -0.25) is 0 Å². The minimum Gasteiger partial charge on any atom is -0.392 e. The van der Waals surface area contributed by atoms with Crippen molar-refractivity contribution in [3.05, 3.63) is 0 Å². The van der Waals surface area contributed by atoms with E-state index in [1.165, 1.54) is 25.7 Å². The predicted molar refractivity (Wildman–Crippen MR) is 48.9 cm³/mol. The molecule has 2 N–H and O–H groups in total. The van der Waals surface area contributed by atoms with Gasteiger partial charge in [0.1, 0.15) is 0 Å². The lowest BCUT2D eigenvalue weighted by molar-refractivity contribution is 0.0567. The monoisotopic (exact) mass is 169 g/mol. The zero-order chi connectivity index (χ0) is 8.55. The topological polar surface area (TPSA) is 32.3 Å². The molecule has 1 heterocycles. The second-order valence-electron chi connectivity index (χ2n) is 4.47. The van der Waals surface area contributed by atoms with E-state index in [9.17, 15) is 5.11 Å². The molecule has 1 aliphatic heterocycles. The first-order valence-corrected chi connectivity index (χ1v) is 5.19. The van der Waals surface area contributed by atoms with E-state index in [4.69, 9.17) is 0 Å². The molecule has 0 amide bonds. The Hall–Kier alpha value is -0.0800. The highest BCUT2D eigenvalue weighted by Gasteiger charge is 2.34. The van der Waals surface area contributed by atoms with Crippen LogP contribution in [0.1, 0.15) is 32.6 Å². The molecule has 0 aromatic heterocycles. The van der Waals surface area contributed by atoms with Crippen LogP contribution in [0, 0.1) is 11.8 Å². The van der Waals surface area contributed by atoms with E-state index in [1.54, 1.807) is 0 Å². The fraction of sp³-hybridized carbons (Fsp3) is 1.00. The summed E-state index contributed by atoms with van der Waals surface area (Å²) in [5.41, 5.74) is 0. The molecule has 2 bridgehead atoms. The lowest BCUT2D eigenvalue weighted by Gasteiger charge is -2.42. The zero-order valence-electron chi connectivity index (χ0n) is 7.79. The van der Waals surface area contributed by atoms with Crippen LogP contribution in [0.2, 0.25) is 0 Å². The number of rotatable bonds is 1. The third-order valence-corrected chi connectivity index (χ3v) is 3.49. The van der Waals surface area contributed by atoms with Crippen molar-refractivity contribution in [2.45, 2.75) is 44.8 Å². The van der Waals surface area contributed by atoms with Crippen LogP contribution in [0.3, 0.4) is 0 Å². The first-order valence-electron chi connectivity index (χ1n) is 5.19. The Bertz CT molecular complexity index is 158. The average Bonchev–Trinajstić information content (AvgIpc) is 2.04. The van der Waals surface area contributed by atoms with Gasteiger partial charge in [-0.05, 0) is 44.6 Å². The minimum atomic E-state index is -0.172. The summed E-state index contributed by atoms with van der Waals surface area (Å²) < 4.78 is 0. The van der Waals surface area contributed by atoms with Gasteiger partial charge in [0.25, 0.3) is 0 Å². The zero-order valence-corrected chi connectivity index (χ0v) is 7.79. The number of hydrogen-bond acceptors (Lipinski definition) is 2. The lowest BCUT2D eigenvalue weighted by atomic mass is 9.73. The first kappa shape index (κ1) is 8.52. The molecule has 12 heavy (non-hydrogen) atoms. The summed E-state index contributed by atoms with van der Waals surface area (Å²) >= 11 is 0.